The summed E-state index contributed by atoms with van der Waals surface area (Å²) in [7, 11) is 0. The number of terminal acetylenes is 1. The largest absolute Gasteiger partial charge is 0.347 e. The third kappa shape index (κ3) is 5.34. The Hall–Kier alpha value is 0.180. The van der Waals surface area contributed by atoms with Gasteiger partial charge in [0.25, 0.3) is 0 Å². The summed E-state index contributed by atoms with van der Waals surface area (Å²) in [5, 5.41) is 0. The summed E-state index contributed by atoms with van der Waals surface area (Å²) in [6, 6.07) is 0. The van der Waals surface area contributed by atoms with Crippen LogP contribution in [0.15, 0.2) is 0 Å². The molecule has 144 valence electrons. The van der Waals surface area contributed by atoms with E-state index in [0.29, 0.717) is 16.4 Å². The van der Waals surface area contributed by atoms with Crippen molar-refractivity contribution in [2.45, 2.75) is 89.8 Å². The van der Waals surface area contributed by atoms with Gasteiger partial charge >= 0.3 is 0 Å². The Morgan fingerprint density at radius 2 is 1.88 bits per heavy atom. The minimum absolute atomic E-state index is 0.118. The molecule has 0 saturated carbocycles. The van der Waals surface area contributed by atoms with Gasteiger partial charge in [-0.15, -0.1) is 35.9 Å². The van der Waals surface area contributed by atoms with Crippen LogP contribution >= 0.6 is 23.5 Å². The van der Waals surface area contributed by atoms with E-state index >= 15 is 0 Å². The Bertz CT molecular complexity index is 463. The fraction of sp³-hybridized carbons (Fsp3) is 0.905. The Labute approximate surface area is 163 Å². The van der Waals surface area contributed by atoms with E-state index in [1.54, 1.807) is 0 Å². The first-order chi connectivity index (χ1) is 11.7. The minimum atomic E-state index is -0.524. The Kier molecular flexibility index (Phi) is 7.66. The molecule has 4 atom stereocenters. The molecule has 0 spiro atoms. The second kappa shape index (κ2) is 8.91. The van der Waals surface area contributed by atoms with Gasteiger partial charge in [-0.3, -0.25) is 0 Å². The smallest absolute Gasteiger partial charge is 0.163 e. The molecule has 2 heterocycles. The van der Waals surface area contributed by atoms with Crippen LogP contribution in [0.1, 0.15) is 67.2 Å². The number of hydrogen-bond acceptors (Lipinski definition) is 4. The van der Waals surface area contributed by atoms with Crippen LogP contribution < -0.4 is 0 Å². The van der Waals surface area contributed by atoms with E-state index in [9.17, 15) is 0 Å². The van der Waals surface area contributed by atoms with Gasteiger partial charge in [-0.05, 0) is 50.5 Å². The molecule has 0 amide bonds. The molecule has 0 bridgehead atoms. The Morgan fingerprint density at radius 1 is 1.24 bits per heavy atom. The summed E-state index contributed by atoms with van der Waals surface area (Å²) in [5.74, 6) is 5.66. The van der Waals surface area contributed by atoms with Crippen molar-refractivity contribution in [3.63, 3.8) is 0 Å². The van der Waals surface area contributed by atoms with Crippen molar-refractivity contribution in [1.82, 2.24) is 0 Å². The van der Waals surface area contributed by atoms with Crippen LogP contribution in [0.3, 0.4) is 0 Å². The number of hydrogen-bond donors (Lipinski definition) is 0. The summed E-state index contributed by atoms with van der Waals surface area (Å²) >= 11 is 4.22. The van der Waals surface area contributed by atoms with E-state index in [1.165, 1.54) is 17.9 Å². The van der Waals surface area contributed by atoms with Gasteiger partial charge in [-0.1, -0.05) is 27.7 Å². The van der Waals surface area contributed by atoms with Crippen molar-refractivity contribution in [2.24, 2.45) is 17.3 Å². The van der Waals surface area contributed by atoms with Crippen molar-refractivity contribution in [1.29, 1.82) is 0 Å². The van der Waals surface area contributed by atoms with E-state index in [4.69, 9.17) is 15.9 Å². The maximum atomic E-state index is 6.53. The summed E-state index contributed by atoms with van der Waals surface area (Å²) < 4.78 is 13.5. The molecule has 25 heavy (non-hydrogen) atoms. The highest BCUT2D eigenvalue weighted by atomic mass is 32.2. The van der Waals surface area contributed by atoms with Gasteiger partial charge in [0.05, 0.1) is 16.8 Å². The van der Waals surface area contributed by atoms with Crippen molar-refractivity contribution >= 4 is 23.5 Å². The van der Waals surface area contributed by atoms with Crippen molar-refractivity contribution < 1.29 is 9.47 Å². The van der Waals surface area contributed by atoms with Gasteiger partial charge in [0.1, 0.15) is 0 Å². The quantitative estimate of drug-likeness (QED) is 0.425. The number of rotatable bonds is 6. The molecule has 2 saturated heterocycles. The monoisotopic (exact) mass is 384 g/mol. The van der Waals surface area contributed by atoms with Crippen LogP contribution in [0, 0.1) is 29.6 Å². The normalized spacial score (nSPS) is 32.1. The first-order valence-electron chi connectivity index (χ1n) is 9.71. The molecular formula is C21H36O2S2. The van der Waals surface area contributed by atoms with Gasteiger partial charge in [0.15, 0.2) is 5.79 Å². The topological polar surface area (TPSA) is 18.5 Å². The van der Waals surface area contributed by atoms with Crippen molar-refractivity contribution in [3.8, 4) is 12.3 Å². The number of ether oxygens (including phenoxy) is 2. The molecule has 0 radical (unpaired) electrons. The van der Waals surface area contributed by atoms with Crippen molar-refractivity contribution in [2.75, 3.05) is 11.5 Å². The zero-order valence-electron chi connectivity index (χ0n) is 16.8. The average molecular weight is 385 g/mol. The molecule has 2 aliphatic rings. The lowest BCUT2D eigenvalue weighted by Crippen LogP contribution is -2.58. The highest BCUT2D eigenvalue weighted by Crippen LogP contribution is 2.51. The summed E-state index contributed by atoms with van der Waals surface area (Å²) in [4.78, 5) is 0. The van der Waals surface area contributed by atoms with Crippen LogP contribution in [0.2, 0.25) is 0 Å². The van der Waals surface area contributed by atoms with E-state index in [-0.39, 0.29) is 17.6 Å². The van der Waals surface area contributed by atoms with E-state index in [1.807, 2.05) is 0 Å². The molecule has 2 fully saturated rings. The third-order valence-electron chi connectivity index (χ3n) is 5.54. The zero-order chi connectivity index (χ0) is 18.7. The fourth-order valence-electron chi connectivity index (χ4n) is 4.25. The predicted octanol–water partition coefficient (Wildman–Crippen LogP) is 5.80. The first-order valence-corrected chi connectivity index (χ1v) is 11.8. The van der Waals surface area contributed by atoms with Crippen LogP contribution in [0.25, 0.3) is 0 Å². The zero-order valence-corrected chi connectivity index (χ0v) is 18.5. The first kappa shape index (κ1) is 21.5. The SMILES string of the molecule is C#CCCC[C@H](C)[C@@H]1OC(C)(C)O[C@H](C(C)(C)C2SCCCS2)[C@@H]1C. The number of thioether (sulfide) groups is 2. The highest BCUT2D eigenvalue weighted by Gasteiger charge is 2.51. The van der Waals surface area contributed by atoms with Crippen molar-refractivity contribution in [3.05, 3.63) is 0 Å². The Balaban J connectivity index is 2.15. The maximum Gasteiger partial charge on any atom is 0.163 e. The molecular weight excluding hydrogens is 348 g/mol. The molecule has 2 rings (SSSR count). The van der Waals surface area contributed by atoms with E-state index in [2.05, 4.69) is 71.0 Å². The van der Waals surface area contributed by atoms with Gasteiger partial charge in [-0.2, -0.15) is 0 Å². The van der Waals surface area contributed by atoms with Crippen LogP contribution in [0.5, 0.6) is 0 Å². The molecule has 0 N–H and O–H groups in total. The van der Waals surface area contributed by atoms with Gasteiger partial charge < -0.3 is 9.47 Å². The number of unbranched alkanes of at least 4 members (excludes halogenated alkanes) is 1. The fourth-order valence-corrected chi connectivity index (χ4v) is 7.58. The Morgan fingerprint density at radius 3 is 2.48 bits per heavy atom. The molecule has 0 aromatic carbocycles. The second-order valence-electron chi connectivity index (χ2n) is 8.70. The molecule has 2 aliphatic heterocycles. The lowest BCUT2D eigenvalue weighted by molar-refractivity contribution is -0.342. The molecule has 0 aromatic rings. The molecule has 2 nitrogen and oxygen atoms in total. The molecule has 4 heteroatoms. The lowest BCUT2D eigenvalue weighted by Gasteiger charge is -2.53. The molecule has 0 aliphatic carbocycles. The third-order valence-corrected chi connectivity index (χ3v) is 9.22. The van der Waals surface area contributed by atoms with Crippen LogP contribution in [-0.4, -0.2) is 34.1 Å². The van der Waals surface area contributed by atoms with Gasteiger partial charge in [0, 0.05) is 17.8 Å². The minimum Gasteiger partial charge on any atom is -0.347 e. The van der Waals surface area contributed by atoms with Crippen LogP contribution in [0.4, 0.5) is 0 Å². The second-order valence-corrected chi connectivity index (χ2v) is 11.4. The maximum absolute atomic E-state index is 6.53. The van der Waals surface area contributed by atoms with E-state index in [0.717, 1.165) is 19.3 Å². The summed E-state index contributed by atoms with van der Waals surface area (Å²) in [6.45, 7) is 13.6. The average Bonchev–Trinajstić information content (AvgIpc) is 2.57. The van der Waals surface area contributed by atoms with Gasteiger partial charge in [0.2, 0.25) is 0 Å². The summed E-state index contributed by atoms with van der Waals surface area (Å²) in [6.07, 6.45) is 10.2. The molecule has 0 aromatic heterocycles. The highest BCUT2D eigenvalue weighted by molar-refractivity contribution is 8.17. The lowest BCUT2D eigenvalue weighted by atomic mass is 9.75. The standard InChI is InChI=1S/C21H36O2S2/c1-8-9-10-12-15(2)17-16(3)18(23-21(6,7)22-17)20(4,5)19-24-13-11-14-25-19/h1,15-19H,9-14H2,2-7H3/t15-,16+,17-,18-/m0/s1. The molecule has 0 unspecified atom stereocenters. The van der Waals surface area contributed by atoms with Crippen LogP contribution in [-0.2, 0) is 9.47 Å². The predicted molar refractivity (Wildman–Crippen MR) is 112 cm³/mol. The van der Waals surface area contributed by atoms with Gasteiger partial charge in [-0.25, -0.2) is 0 Å². The van der Waals surface area contributed by atoms with E-state index < -0.39 is 5.79 Å². The summed E-state index contributed by atoms with van der Waals surface area (Å²) in [5.41, 5.74) is 0.118.